The highest BCUT2D eigenvalue weighted by Crippen LogP contribution is 2.33. The Labute approximate surface area is 183 Å². The molecule has 0 radical (unpaired) electrons. The van der Waals surface area contributed by atoms with Gasteiger partial charge in [-0.1, -0.05) is 12.1 Å². The van der Waals surface area contributed by atoms with Crippen molar-refractivity contribution in [1.29, 1.82) is 5.41 Å². The van der Waals surface area contributed by atoms with Crippen LogP contribution >= 0.6 is 23.5 Å². The standard InChI is InChI=1S/C21H21N5O2S2/c1-5-28-17-9-7-6-8-16(17)25-12(2)10-14(13(25)3)11-15-18(22)26-20(23-19(15)27)30-21(24-26)29-4/h6-11,22H,5H2,1-4H3. The molecular formula is C21H21N5O2S2. The smallest absolute Gasteiger partial charge is 0.283 e. The number of nitrogens with zero attached hydrogens (tertiary/aromatic N) is 4. The minimum atomic E-state index is -0.421. The SMILES string of the molecule is CCOc1ccccc1-n1c(C)cc(C=C2C(=N)N3N=C(SC)SC3=NC2=O)c1C. The maximum absolute atomic E-state index is 12.6. The number of aryl methyl sites for hydroxylation is 1. The molecule has 2 aromatic rings. The quantitative estimate of drug-likeness (QED) is 0.713. The summed E-state index contributed by atoms with van der Waals surface area (Å²) in [6.07, 6.45) is 3.63. The van der Waals surface area contributed by atoms with Crippen LogP contribution in [-0.2, 0) is 4.79 Å². The zero-order valence-electron chi connectivity index (χ0n) is 17.1. The molecule has 1 aromatic carbocycles. The molecule has 7 nitrogen and oxygen atoms in total. The van der Waals surface area contributed by atoms with E-state index in [1.165, 1.54) is 28.5 Å². The number of carbonyl (C=O) groups is 1. The van der Waals surface area contributed by atoms with Crippen LogP contribution in [0, 0.1) is 19.3 Å². The molecule has 154 valence electrons. The van der Waals surface area contributed by atoms with Crippen molar-refractivity contribution in [2.75, 3.05) is 12.9 Å². The fraction of sp³-hybridized carbons (Fsp3) is 0.238. The Balaban J connectivity index is 1.76. The van der Waals surface area contributed by atoms with E-state index in [9.17, 15) is 4.79 Å². The molecular weight excluding hydrogens is 418 g/mol. The van der Waals surface area contributed by atoms with E-state index < -0.39 is 5.91 Å². The number of hydrogen-bond donors (Lipinski definition) is 1. The lowest BCUT2D eigenvalue weighted by molar-refractivity contribution is -0.114. The molecule has 9 heteroatoms. The number of fused-ring (bicyclic) bond motifs is 1. The third-order valence-corrected chi connectivity index (χ3v) is 6.67. The molecule has 2 aliphatic rings. The van der Waals surface area contributed by atoms with E-state index in [2.05, 4.69) is 14.7 Å². The summed E-state index contributed by atoms with van der Waals surface area (Å²) >= 11 is 2.77. The van der Waals surface area contributed by atoms with Gasteiger partial charge in [0, 0.05) is 11.4 Å². The lowest BCUT2D eigenvalue weighted by Gasteiger charge is -2.20. The van der Waals surface area contributed by atoms with Crippen molar-refractivity contribution in [1.82, 2.24) is 9.58 Å². The van der Waals surface area contributed by atoms with Gasteiger partial charge in [-0.15, -0.1) is 16.9 Å². The number of thioether (sulfide) groups is 2. The van der Waals surface area contributed by atoms with Crippen molar-refractivity contribution in [2.24, 2.45) is 10.1 Å². The number of aliphatic imine (C=N–C) groups is 1. The molecule has 0 bridgehead atoms. The molecule has 2 aliphatic heterocycles. The van der Waals surface area contributed by atoms with Crippen molar-refractivity contribution in [3.63, 3.8) is 0 Å². The Morgan fingerprint density at radius 1 is 1.30 bits per heavy atom. The van der Waals surface area contributed by atoms with Crippen molar-refractivity contribution >= 4 is 50.9 Å². The maximum Gasteiger partial charge on any atom is 0.283 e. The zero-order chi connectivity index (χ0) is 21.4. The first-order chi connectivity index (χ1) is 14.4. The molecule has 30 heavy (non-hydrogen) atoms. The maximum atomic E-state index is 12.6. The van der Waals surface area contributed by atoms with Gasteiger partial charge in [-0.05, 0) is 68.6 Å². The van der Waals surface area contributed by atoms with Gasteiger partial charge in [0.2, 0.25) is 5.17 Å². The number of carbonyl (C=O) groups excluding carboxylic acids is 1. The molecule has 0 saturated carbocycles. The first-order valence-corrected chi connectivity index (χ1v) is 11.4. The van der Waals surface area contributed by atoms with Crippen LogP contribution in [0.1, 0.15) is 23.9 Å². The summed E-state index contributed by atoms with van der Waals surface area (Å²) in [6, 6.07) is 9.86. The number of rotatable bonds is 4. The molecule has 0 spiro atoms. The highest BCUT2D eigenvalue weighted by molar-refractivity contribution is 8.45. The van der Waals surface area contributed by atoms with Crippen molar-refractivity contribution < 1.29 is 9.53 Å². The van der Waals surface area contributed by atoms with Crippen molar-refractivity contribution in [3.8, 4) is 11.4 Å². The summed E-state index contributed by atoms with van der Waals surface area (Å²) in [5.41, 5.74) is 3.97. The van der Waals surface area contributed by atoms with Gasteiger partial charge < -0.3 is 9.30 Å². The molecule has 0 atom stereocenters. The normalized spacial score (nSPS) is 17.3. The van der Waals surface area contributed by atoms with Gasteiger partial charge >= 0.3 is 0 Å². The van der Waals surface area contributed by atoms with E-state index in [4.69, 9.17) is 10.1 Å². The van der Waals surface area contributed by atoms with E-state index in [0.717, 1.165) is 32.8 Å². The van der Waals surface area contributed by atoms with Gasteiger partial charge in [0.15, 0.2) is 10.2 Å². The van der Waals surface area contributed by atoms with Crippen LogP contribution in [0.5, 0.6) is 5.75 Å². The Bertz CT molecular complexity index is 1150. The Morgan fingerprint density at radius 3 is 2.80 bits per heavy atom. The minimum Gasteiger partial charge on any atom is -0.492 e. The first kappa shape index (κ1) is 20.5. The second kappa shape index (κ2) is 8.16. The van der Waals surface area contributed by atoms with E-state index in [1.807, 2.05) is 57.4 Å². The lowest BCUT2D eigenvalue weighted by Crippen LogP contribution is -2.35. The van der Waals surface area contributed by atoms with Crippen LogP contribution in [0.3, 0.4) is 0 Å². The third kappa shape index (κ3) is 3.48. The molecule has 1 aromatic heterocycles. The average molecular weight is 440 g/mol. The van der Waals surface area contributed by atoms with Gasteiger partial charge in [-0.2, -0.15) is 10.0 Å². The molecule has 1 amide bonds. The van der Waals surface area contributed by atoms with Crippen LogP contribution in [-0.4, -0.2) is 43.7 Å². The number of hydrazone groups is 1. The topological polar surface area (TPSA) is 83.0 Å². The number of para-hydroxylation sites is 2. The number of ether oxygens (including phenoxy) is 1. The summed E-state index contributed by atoms with van der Waals surface area (Å²) in [6.45, 7) is 6.53. The number of hydrogen-bond acceptors (Lipinski definition) is 6. The number of amides is 1. The number of nitrogens with one attached hydrogen (secondary N) is 1. The summed E-state index contributed by atoms with van der Waals surface area (Å²) in [7, 11) is 0. The minimum absolute atomic E-state index is 0.0427. The van der Waals surface area contributed by atoms with Gasteiger partial charge in [0.1, 0.15) is 5.75 Å². The Morgan fingerprint density at radius 2 is 2.07 bits per heavy atom. The van der Waals surface area contributed by atoms with E-state index in [-0.39, 0.29) is 11.4 Å². The number of amidine groups is 2. The van der Waals surface area contributed by atoms with Gasteiger partial charge in [-0.3, -0.25) is 10.2 Å². The molecule has 0 fully saturated rings. The first-order valence-electron chi connectivity index (χ1n) is 9.40. The Kier molecular flexibility index (Phi) is 5.57. The highest BCUT2D eigenvalue weighted by Gasteiger charge is 2.35. The predicted octanol–water partition coefficient (Wildman–Crippen LogP) is 4.43. The third-order valence-electron chi connectivity index (χ3n) is 4.79. The molecule has 0 saturated heterocycles. The van der Waals surface area contributed by atoms with Crippen LogP contribution in [0.15, 0.2) is 46.0 Å². The van der Waals surface area contributed by atoms with E-state index in [1.54, 1.807) is 6.08 Å². The monoisotopic (exact) mass is 439 g/mol. The molecule has 4 rings (SSSR count). The van der Waals surface area contributed by atoms with Crippen LogP contribution < -0.4 is 4.74 Å². The van der Waals surface area contributed by atoms with Crippen LogP contribution in [0.4, 0.5) is 0 Å². The van der Waals surface area contributed by atoms with Gasteiger partial charge in [0.05, 0.1) is 17.9 Å². The summed E-state index contributed by atoms with van der Waals surface area (Å²) < 4.78 is 8.65. The summed E-state index contributed by atoms with van der Waals surface area (Å²) in [5, 5.41) is 14.7. The fourth-order valence-corrected chi connectivity index (χ4v) is 4.78. The van der Waals surface area contributed by atoms with Crippen LogP contribution in [0.2, 0.25) is 0 Å². The fourth-order valence-electron chi connectivity index (χ4n) is 3.44. The Hall–Kier alpha value is -2.78. The number of aromatic nitrogens is 1. The molecule has 1 N–H and O–H groups in total. The van der Waals surface area contributed by atoms with Gasteiger partial charge in [0.25, 0.3) is 5.91 Å². The zero-order valence-corrected chi connectivity index (χ0v) is 18.7. The molecule has 3 heterocycles. The molecule has 0 unspecified atom stereocenters. The average Bonchev–Trinajstić information content (AvgIpc) is 3.26. The van der Waals surface area contributed by atoms with Gasteiger partial charge in [-0.25, -0.2) is 0 Å². The largest absolute Gasteiger partial charge is 0.492 e. The number of benzene rings is 1. The second-order valence-electron chi connectivity index (χ2n) is 6.65. The van der Waals surface area contributed by atoms with Crippen LogP contribution in [0.25, 0.3) is 11.8 Å². The summed E-state index contributed by atoms with van der Waals surface area (Å²) in [5.74, 6) is 0.418. The lowest BCUT2D eigenvalue weighted by atomic mass is 10.1. The predicted molar refractivity (Wildman–Crippen MR) is 125 cm³/mol. The van der Waals surface area contributed by atoms with Crippen molar-refractivity contribution in [2.45, 2.75) is 20.8 Å². The van der Waals surface area contributed by atoms with E-state index >= 15 is 0 Å². The second-order valence-corrected chi connectivity index (χ2v) is 8.66. The highest BCUT2D eigenvalue weighted by atomic mass is 32.2. The van der Waals surface area contributed by atoms with Crippen molar-refractivity contribution in [3.05, 3.63) is 52.9 Å². The van der Waals surface area contributed by atoms with E-state index in [0.29, 0.717) is 11.8 Å². The summed E-state index contributed by atoms with van der Waals surface area (Å²) in [4.78, 5) is 16.8. The molecule has 0 aliphatic carbocycles.